The van der Waals surface area contributed by atoms with Crippen LogP contribution in [0.15, 0.2) is 83.9 Å². The fourth-order valence-electron chi connectivity index (χ4n) is 4.06. The minimum Gasteiger partial charge on any atom is -0.378 e. The van der Waals surface area contributed by atoms with Crippen molar-refractivity contribution < 1.29 is 9.18 Å². The summed E-state index contributed by atoms with van der Waals surface area (Å²) in [5.74, 6) is -0.374. The van der Waals surface area contributed by atoms with E-state index >= 15 is 0 Å². The predicted molar refractivity (Wildman–Crippen MR) is 144 cm³/mol. The van der Waals surface area contributed by atoms with Crippen LogP contribution < -0.4 is 9.80 Å². The monoisotopic (exact) mass is 487 g/mol. The summed E-state index contributed by atoms with van der Waals surface area (Å²) in [7, 11) is 3.94. The van der Waals surface area contributed by atoms with Gasteiger partial charge in [0.05, 0.1) is 17.1 Å². The average Bonchev–Trinajstić information content (AvgIpc) is 3.32. The molecule has 0 bridgehead atoms. The Morgan fingerprint density at radius 1 is 1.00 bits per heavy atom. The number of carbonyl (C=O) groups is 1. The Morgan fingerprint density at radius 3 is 2.44 bits per heavy atom. The molecular weight excluding hydrogens is 465 g/mol. The lowest BCUT2D eigenvalue weighted by atomic mass is 10.1. The Hall–Kier alpha value is -3.42. The first kappa shape index (κ1) is 22.4. The second kappa shape index (κ2) is 9.08. The number of fused-ring (bicyclic) bond motifs is 1. The van der Waals surface area contributed by atoms with Crippen molar-refractivity contribution in [2.75, 3.05) is 23.9 Å². The molecule has 7 heteroatoms. The SMILES string of the molecule is CN(C)c1ccc(N2C(=O)/C(=C/c3cn(Cc4ccccc4F)c4ccccc34)SC2=S)cc1. The lowest BCUT2D eigenvalue weighted by Crippen LogP contribution is -2.27. The molecule has 170 valence electrons. The number of halogens is 1. The summed E-state index contributed by atoms with van der Waals surface area (Å²) in [6.45, 7) is 0.403. The largest absolute Gasteiger partial charge is 0.378 e. The van der Waals surface area contributed by atoms with Crippen molar-refractivity contribution in [2.45, 2.75) is 6.54 Å². The summed E-state index contributed by atoms with van der Waals surface area (Å²) in [5.41, 5.74) is 4.29. The minimum atomic E-state index is -0.233. The minimum absolute atomic E-state index is 0.140. The van der Waals surface area contributed by atoms with Crippen molar-refractivity contribution in [1.29, 1.82) is 0 Å². The normalized spacial score (nSPS) is 15.0. The molecule has 5 rings (SSSR count). The van der Waals surface area contributed by atoms with Gasteiger partial charge in [-0.2, -0.15) is 0 Å². The van der Waals surface area contributed by atoms with Crippen molar-refractivity contribution in [3.8, 4) is 0 Å². The summed E-state index contributed by atoms with van der Waals surface area (Å²) in [6.07, 6.45) is 3.85. The second-order valence-corrected chi connectivity index (χ2v) is 9.92. The van der Waals surface area contributed by atoms with Crippen molar-refractivity contribution >= 4 is 62.6 Å². The van der Waals surface area contributed by atoms with Gasteiger partial charge in [-0.25, -0.2) is 4.39 Å². The molecule has 1 fully saturated rings. The average molecular weight is 488 g/mol. The second-order valence-electron chi connectivity index (χ2n) is 8.25. The molecule has 1 aliphatic rings. The van der Waals surface area contributed by atoms with E-state index in [4.69, 9.17) is 12.2 Å². The number of hydrogen-bond donors (Lipinski definition) is 0. The molecule has 2 heterocycles. The molecule has 0 radical (unpaired) electrons. The van der Waals surface area contributed by atoms with E-state index in [-0.39, 0.29) is 11.7 Å². The van der Waals surface area contributed by atoms with Gasteiger partial charge in [0.25, 0.3) is 5.91 Å². The molecular formula is C27H22FN3OS2. The molecule has 0 atom stereocenters. The van der Waals surface area contributed by atoms with Crippen LogP contribution >= 0.6 is 24.0 Å². The van der Waals surface area contributed by atoms with Crippen LogP contribution in [0.3, 0.4) is 0 Å². The first-order chi connectivity index (χ1) is 16.4. The van der Waals surface area contributed by atoms with Gasteiger partial charge in [0.1, 0.15) is 5.82 Å². The van der Waals surface area contributed by atoms with Gasteiger partial charge in [0.15, 0.2) is 4.32 Å². The Kier molecular flexibility index (Phi) is 5.98. The molecule has 0 spiro atoms. The number of carbonyl (C=O) groups excluding carboxylic acids is 1. The number of benzene rings is 3. The number of amides is 1. The lowest BCUT2D eigenvalue weighted by Gasteiger charge is -2.17. The van der Waals surface area contributed by atoms with E-state index in [9.17, 15) is 9.18 Å². The Balaban J connectivity index is 1.49. The Bertz CT molecular complexity index is 1440. The summed E-state index contributed by atoms with van der Waals surface area (Å²) in [4.78, 5) is 17.4. The maximum atomic E-state index is 14.3. The van der Waals surface area contributed by atoms with Crippen LogP contribution in [-0.4, -0.2) is 28.9 Å². The van der Waals surface area contributed by atoms with Gasteiger partial charge in [-0.1, -0.05) is 60.4 Å². The maximum Gasteiger partial charge on any atom is 0.270 e. The van der Waals surface area contributed by atoms with E-state index in [1.165, 1.54) is 17.8 Å². The predicted octanol–water partition coefficient (Wildman–Crippen LogP) is 6.30. The molecule has 0 N–H and O–H groups in total. The zero-order valence-electron chi connectivity index (χ0n) is 18.7. The summed E-state index contributed by atoms with van der Waals surface area (Å²) >= 11 is 6.84. The van der Waals surface area contributed by atoms with Crippen LogP contribution in [0.4, 0.5) is 15.8 Å². The Morgan fingerprint density at radius 2 is 1.71 bits per heavy atom. The third-order valence-corrected chi connectivity index (χ3v) is 7.12. The number of thioether (sulfide) groups is 1. The first-order valence-corrected chi connectivity index (χ1v) is 12.0. The van der Waals surface area contributed by atoms with Crippen LogP contribution in [0.5, 0.6) is 0 Å². The van der Waals surface area contributed by atoms with Gasteiger partial charge >= 0.3 is 0 Å². The quantitative estimate of drug-likeness (QED) is 0.244. The van der Waals surface area contributed by atoms with Crippen molar-refractivity contribution in [2.24, 2.45) is 0 Å². The molecule has 0 saturated carbocycles. The number of para-hydroxylation sites is 1. The third-order valence-electron chi connectivity index (χ3n) is 5.82. The smallest absolute Gasteiger partial charge is 0.270 e. The van der Waals surface area contributed by atoms with Gasteiger partial charge < -0.3 is 9.47 Å². The Labute approximate surface area is 207 Å². The van der Waals surface area contributed by atoms with Gasteiger partial charge in [-0.15, -0.1) is 0 Å². The van der Waals surface area contributed by atoms with Gasteiger partial charge in [-0.05, 0) is 42.5 Å². The van der Waals surface area contributed by atoms with E-state index in [1.807, 2.05) is 90.4 Å². The van der Waals surface area contributed by atoms with Gasteiger partial charge in [-0.3, -0.25) is 9.69 Å². The van der Waals surface area contributed by atoms with Crippen LogP contribution in [-0.2, 0) is 11.3 Å². The number of hydrogen-bond acceptors (Lipinski definition) is 4. The molecule has 4 aromatic rings. The molecule has 1 saturated heterocycles. The molecule has 34 heavy (non-hydrogen) atoms. The van der Waals surface area contributed by atoms with E-state index in [2.05, 4.69) is 0 Å². The van der Waals surface area contributed by atoms with E-state index in [0.717, 1.165) is 27.8 Å². The van der Waals surface area contributed by atoms with E-state index in [1.54, 1.807) is 17.0 Å². The molecule has 0 unspecified atom stereocenters. The zero-order chi connectivity index (χ0) is 23.8. The number of thiocarbonyl (C=S) groups is 1. The molecule has 0 aliphatic carbocycles. The zero-order valence-corrected chi connectivity index (χ0v) is 20.4. The highest BCUT2D eigenvalue weighted by Crippen LogP contribution is 2.37. The van der Waals surface area contributed by atoms with Crippen LogP contribution in [0.1, 0.15) is 11.1 Å². The van der Waals surface area contributed by atoms with Crippen molar-refractivity contribution in [3.05, 3.63) is 101 Å². The fourth-order valence-corrected chi connectivity index (χ4v) is 5.35. The van der Waals surface area contributed by atoms with Gasteiger partial charge in [0, 0.05) is 48.0 Å². The summed E-state index contributed by atoms with van der Waals surface area (Å²) in [5, 5.41) is 0.999. The van der Waals surface area contributed by atoms with Crippen LogP contribution in [0.25, 0.3) is 17.0 Å². The first-order valence-electron chi connectivity index (χ1n) is 10.8. The van der Waals surface area contributed by atoms with Crippen molar-refractivity contribution in [3.63, 3.8) is 0 Å². The number of nitrogens with zero attached hydrogens (tertiary/aromatic N) is 3. The van der Waals surface area contributed by atoms with E-state index < -0.39 is 0 Å². The highest BCUT2D eigenvalue weighted by molar-refractivity contribution is 8.27. The maximum absolute atomic E-state index is 14.3. The molecule has 1 aromatic heterocycles. The molecule has 4 nitrogen and oxygen atoms in total. The fraction of sp³-hybridized carbons (Fsp3) is 0.111. The third kappa shape index (κ3) is 4.13. The van der Waals surface area contributed by atoms with Crippen LogP contribution in [0.2, 0.25) is 0 Å². The summed E-state index contributed by atoms with van der Waals surface area (Å²) in [6, 6.07) is 22.5. The number of anilines is 2. The number of aromatic nitrogens is 1. The molecule has 3 aromatic carbocycles. The molecule has 1 amide bonds. The van der Waals surface area contributed by atoms with Crippen LogP contribution in [0, 0.1) is 5.82 Å². The topological polar surface area (TPSA) is 28.5 Å². The standard InChI is InChI=1S/C27H22FN3OS2/c1-29(2)20-11-13-21(14-12-20)31-26(32)25(34-27(31)33)15-19-17-30(24-10-6-4-8-22(19)24)16-18-7-3-5-9-23(18)28/h3-15,17H,16H2,1-2H3/b25-15-. The van der Waals surface area contributed by atoms with Gasteiger partial charge in [0.2, 0.25) is 0 Å². The lowest BCUT2D eigenvalue weighted by molar-refractivity contribution is -0.113. The summed E-state index contributed by atoms with van der Waals surface area (Å²) < 4.78 is 16.8. The van der Waals surface area contributed by atoms with E-state index in [0.29, 0.717) is 21.3 Å². The van der Waals surface area contributed by atoms with Crippen molar-refractivity contribution in [1.82, 2.24) is 4.57 Å². The highest BCUT2D eigenvalue weighted by atomic mass is 32.2. The highest BCUT2D eigenvalue weighted by Gasteiger charge is 2.33. The molecule has 1 aliphatic heterocycles. The number of rotatable bonds is 5.